The van der Waals surface area contributed by atoms with Gasteiger partial charge < -0.3 is 10.1 Å². The lowest BCUT2D eigenvalue weighted by molar-refractivity contribution is -0.134. The van der Waals surface area contributed by atoms with Crippen LogP contribution >= 0.6 is 11.3 Å². The van der Waals surface area contributed by atoms with Crippen LogP contribution in [0, 0.1) is 0 Å². The summed E-state index contributed by atoms with van der Waals surface area (Å²) in [4.78, 5) is 4.29. The van der Waals surface area contributed by atoms with Gasteiger partial charge in [-0.2, -0.15) is 13.2 Å². The minimum atomic E-state index is -4.09. The first-order valence-corrected chi connectivity index (χ1v) is 6.55. The van der Waals surface area contributed by atoms with Crippen LogP contribution in [-0.2, 0) is 0 Å². The van der Waals surface area contributed by atoms with Crippen molar-refractivity contribution in [3.05, 3.63) is 18.2 Å². The summed E-state index contributed by atoms with van der Waals surface area (Å²) in [5.74, 6) is 0.736. The van der Waals surface area contributed by atoms with Gasteiger partial charge in [-0.15, -0.1) is 0 Å². The van der Waals surface area contributed by atoms with Crippen molar-refractivity contribution in [2.45, 2.75) is 19.0 Å². The van der Waals surface area contributed by atoms with E-state index in [1.165, 1.54) is 11.3 Å². The highest BCUT2D eigenvalue weighted by atomic mass is 32.1. The molecule has 1 N–H and O–H groups in total. The first-order chi connectivity index (χ1) is 8.98. The topological polar surface area (TPSA) is 34.1 Å². The molecule has 0 bridgehead atoms. The Morgan fingerprint density at radius 2 is 2.16 bits per heavy atom. The van der Waals surface area contributed by atoms with Gasteiger partial charge in [-0.3, -0.25) is 0 Å². The Kier molecular flexibility index (Phi) is 4.14. The smallest absolute Gasteiger partial charge is 0.389 e. The number of hydrogen-bond acceptors (Lipinski definition) is 4. The van der Waals surface area contributed by atoms with Gasteiger partial charge in [0.15, 0.2) is 5.13 Å². The zero-order valence-corrected chi connectivity index (χ0v) is 11.1. The summed E-state index contributed by atoms with van der Waals surface area (Å²) < 4.78 is 42.0. The number of benzene rings is 1. The first-order valence-electron chi connectivity index (χ1n) is 5.73. The van der Waals surface area contributed by atoms with E-state index in [9.17, 15) is 13.2 Å². The van der Waals surface area contributed by atoms with E-state index in [1.807, 2.05) is 12.1 Å². The van der Waals surface area contributed by atoms with E-state index in [0.29, 0.717) is 5.13 Å². The van der Waals surface area contributed by atoms with Crippen LogP contribution in [0.4, 0.5) is 18.3 Å². The Bertz CT molecular complexity index is 553. The average molecular weight is 290 g/mol. The van der Waals surface area contributed by atoms with Crippen molar-refractivity contribution in [3.63, 3.8) is 0 Å². The lowest BCUT2D eigenvalue weighted by Crippen LogP contribution is -2.10. The molecule has 1 heterocycles. The highest BCUT2D eigenvalue weighted by Crippen LogP contribution is 2.29. The Morgan fingerprint density at radius 3 is 2.84 bits per heavy atom. The maximum Gasteiger partial charge on any atom is 0.389 e. The quantitative estimate of drug-likeness (QED) is 0.843. The summed E-state index contributed by atoms with van der Waals surface area (Å²) >= 11 is 1.40. The molecule has 0 amide bonds. The lowest BCUT2D eigenvalue weighted by Gasteiger charge is -2.05. The number of methoxy groups -OCH3 is 1. The van der Waals surface area contributed by atoms with Crippen LogP contribution in [0.2, 0.25) is 0 Å². The van der Waals surface area contributed by atoms with E-state index in [-0.39, 0.29) is 13.0 Å². The number of halogens is 3. The molecule has 0 aliphatic carbocycles. The highest BCUT2D eigenvalue weighted by molar-refractivity contribution is 7.22. The molecule has 0 aliphatic heterocycles. The number of hydrogen-bond donors (Lipinski definition) is 1. The molecule has 7 heteroatoms. The van der Waals surface area contributed by atoms with E-state index in [0.717, 1.165) is 16.0 Å². The molecule has 0 aliphatic rings. The predicted octanol–water partition coefficient (Wildman–Crippen LogP) is 4.06. The van der Waals surface area contributed by atoms with Crippen LogP contribution in [-0.4, -0.2) is 24.8 Å². The maximum absolute atomic E-state index is 12.0. The van der Waals surface area contributed by atoms with Crippen molar-refractivity contribution in [1.82, 2.24) is 4.98 Å². The molecule has 0 fully saturated rings. The predicted molar refractivity (Wildman–Crippen MR) is 70.0 cm³/mol. The number of nitrogens with one attached hydrogen (secondary N) is 1. The van der Waals surface area contributed by atoms with Crippen LogP contribution < -0.4 is 10.1 Å². The second-order valence-corrected chi connectivity index (χ2v) is 5.03. The minimum Gasteiger partial charge on any atom is -0.497 e. The monoisotopic (exact) mass is 290 g/mol. The molecule has 2 rings (SSSR count). The van der Waals surface area contributed by atoms with Crippen molar-refractivity contribution in [3.8, 4) is 5.75 Å². The molecule has 0 saturated carbocycles. The molecule has 1 aromatic heterocycles. The Hall–Kier alpha value is -1.50. The normalized spacial score (nSPS) is 11.8. The Balaban J connectivity index is 1.94. The van der Waals surface area contributed by atoms with Crippen LogP contribution in [0.1, 0.15) is 12.8 Å². The fraction of sp³-hybridized carbons (Fsp3) is 0.417. The van der Waals surface area contributed by atoms with Crippen molar-refractivity contribution in [2.75, 3.05) is 19.0 Å². The molecule has 0 unspecified atom stereocenters. The van der Waals surface area contributed by atoms with Crippen molar-refractivity contribution >= 4 is 26.7 Å². The summed E-state index contributed by atoms with van der Waals surface area (Å²) in [6.07, 6.45) is -4.83. The summed E-state index contributed by atoms with van der Waals surface area (Å²) in [5, 5.41) is 3.54. The van der Waals surface area contributed by atoms with E-state index in [1.54, 1.807) is 13.2 Å². The minimum absolute atomic E-state index is 0.0444. The summed E-state index contributed by atoms with van der Waals surface area (Å²) in [6.45, 7) is 0.260. The van der Waals surface area contributed by atoms with Gasteiger partial charge in [0.25, 0.3) is 0 Å². The number of alkyl halides is 3. The molecule has 2 aromatic rings. The summed E-state index contributed by atoms with van der Waals surface area (Å²) in [5.41, 5.74) is 0.809. The second-order valence-electron chi connectivity index (χ2n) is 4.00. The SMILES string of the molecule is COc1ccc2nc(NCCCC(F)(F)F)sc2c1. The van der Waals surface area contributed by atoms with Crippen molar-refractivity contribution in [1.29, 1.82) is 0 Å². The Morgan fingerprint density at radius 1 is 1.37 bits per heavy atom. The van der Waals surface area contributed by atoms with Gasteiger partial charge in [0.2, 0.25) is 0 Å². The molecule has 0 saturated heterocycles. The molecular weight excluding hydrogens is 277 g/mol. The summed E-state index contributed by atoms with van der Waals surface area (Å²) in [7, 11) is 1.58. The van der Waals surface area contributed by atoms with E-state index >= 15 is 0 Å². The largest absolute Gasteiger partial charge is 0.497 e. The fourth-order valence-corrected chi connectivity index (χ4v) is 2.51. The zero-order valence-electron chi connectivity index (χ0n) is 10.3. The van der Waals surface area contributed by atoms with Crippen molar-refractivity contribution < 1.29 is 17.9 Å². The van der Waals surface area contributed by atoms with Crippen LogP contribution in [0.3, 0.4) is 0 Å². The molecule has 0 radical (unpaired) electrons. The van der Waals surface area contributed by atoms with Gasteiger partial charge in [-0.05, 0) is 24.6 Å². The number of aromatic nitrogens is 1. The number of rotatable bonds is 5. The number of fused-ring (bicyclic) bond motifs is 1. The van der Waals surface area contributed by atoms with Crippen LogP contribution in [0.15, 0.2) is 18.2 Å². The zero-order chi connectivity index (χ0) is 13.9. The highest BCUT2D eigenvalue weighted by Gasteiger charge is 2.25. The van der Waals surface area contributed by atoms with E-state index < -0.39 is 12.6 Å². The van der Waals surface area contributed by atoms with Crippen LogP contribution in [0.5, 0.6) is 5.75 Å². The van der Waals surface area contributed by atoms with E-state index in [4.69, 9.17) is 4.74 Å². The standard InChI is InChI=1S/C12H13F3N2OS/c1-18-8-3-4-9-10(7-8)19-11(17-9)16-6-2-5-12(13,14)15/h3-4,7H,2,5-6H2,1H3,(H,16,17). The Labute approximate surface area is 112 Å². The van der Waals surface area contributed by atoms with E-state index in [2.05, 4.69) is 10.3 Å². The number of ether oxygens (including phenoxy) is 1. The molecular formula is C12H13F3N2OS. The third kappa shape index (κ3) is 3.99. The lowest BCUT2D eigenvalue weighted by atomic mass is 10.3. The third-order valence-electron chi connectivity index (χ3n) is 2.51. The van der Waals surface area contributed by atoms with Gasteiger partial charge >= 0.3 is 6.18 Å². The average Bonchev–Trinajstić information content (AvgIpc) is 2.75. The summed E-state index contributed by atoms with van der Waals surface area (Å²) in [6, 6.07) is 5.48. The van der Waals surface area contributed by atoms with Crippen LogP contribution in [0.25, 0.3) is 10.2 Å². The van der Waals surface area contributed by atoms with Gasteiger partial charge in [-0.1, -0.05) is 11.3 Å². The molecule has 3 nitrogen and oxygen atoms in total. The fourth-order valence-electron chi connectivity index (χ4n) is 1.59. The molecule has 19 heavy (non-hydrogen) atoms. The third-order valence-corrected chi connectivity index (χ3v) is 3.48. The van der Waals surface area contributed by atoms with Gasteiger partial charge in [0.05, 0.1) is 17.3 Å². The first kappa shape index (κ1) is 13.9. The molecule has 104 valence electrons. The number of anilines is 1. The van der Waals surface area contributed by atoms with Crippen molar-refractivity contribution in [2.24, 2.45) is 0 Å². The van der Waals surface area contributed by atoms with Gasteiger partial charge in [0.1, 0.15) is 5.75 Å². The molecule has 1 aromatic carbocycles. The number of nitrogens with zero attached hydrogens (tertiary/aromatic N) is 1. The molecule has 0 atom stereocenters. The second kappa shape index (κ2) is 5.64. The number of thiazole rings is 1. The maximum atomic E-state index is 12.0. The molecule has 0 spiro atoms. The van der Waals surface area contributed by atoms with Gasteiger partial charge in [0, 0.05) is 13.0 Å². The van der Waals surface area contributed by atoms with Gasteiger partial charge in [-0.25, -0.2) is 4.98 Å².